The molecule has 0 bridgehead atoms. The van der Waals surface area contributed by atoms with Crippen LogP contribution in [0.1, 0.15) is 11.3 Å². The van der Waals surface area contributed by atoms with E-state index in [2.05, 4.69) is 19.9 Å². The number of rotatable bonds is 4. The molecular formula is C14H13N5O. The second-order valence-electron chi connectivity index (χ2n) is 4.28. The van der Waals surface area contributed by atoms with Gasteiger partial charge in [-0.15, -0.1) is 0 Å². The quantitative estimate of drug-likeness (QED) is 0.774. The number of aromatic nitrogens is 4. The number of nitrogen functional groups attached to an aromatic ring is 1. The normalized spacial score (nSPS) is 10.8. The average Bonchev–Trinajstić information content (AvgIpc) is 2.48. The van der Waals surface area contributed by atoms with Gasteiger partial charge in [0.05, 0.1) is 31.3 Å². The molecule has 0 aliphatic carbocycles. The van der Waals surface area contributed by atoms with E-state index in [0.29, 0.717) is 24.4 Å². The van der Waals surface area contributed by atoms with Crippen LogP contribution >= 0.6 is 0 Å². The van der Waals surface area contributed by atoms with Crippen molar-refractivity contribution in [3.63, 3.8) is 0 Å². The lowest BCUT2D eigenvalue weighted by atomic mass is 10.2. The molecule has 6 heteroatoms. The predicted molar refractivity (Wildman–Crippen MR) is 74.5 cm³/mol. The summed E-state index contributed by atoms with van der Waals surface area (Å²) in [5.74, 6) is 0.194. The summed E-state index contributed by atoms with van der Waals surface area (Å²) in [7, 11) is 0. The van der Waals surface area contributed by atoms with Crippen molar-refractivity contribution in [3.8, 4) is 0 Å². The monoisotopic (exact) mass is 267 g/mol. The summed E-state index contributed by atoms with van der Waals surface area (Å²) in [6, 6.07) is 9.97. The van der Waals surface area contributed by atoms with Gasteiger partial charge in [-0.05, 0) is 5.56 Å². The lowest BCUT2D eigenvalue weighted by Crippen LogP contribution is -2.01. The van der Waals surface area contributed by atoms with Crippen LogP contribution in [-0.2, 0) is 18.0 Å². The van der Waals surface area contributed by atoms with Gasteiger partial charge < -0.3 is 10.5 Å². The van der Waals surface area contributed by atoms with Gasteiger partial charge in [0.2, 0.25) is 5.95 Å². The fourth-order valence-electron chi connectivity index (χ4n) is 1.79. The molecule has 20 heavy (non-hydrogen) atoms. The first-order valence-corrected chi connectivity index (χ1v) is 6.17. The summed E-state index contributed by atoms with van der Waals surface area (Å²) in [6.07, 6.45) is 3.20. The van der Waals surface area contributed by atoms with Crippen LogP contribution in [0.2, 0.25) is 0 Å². The number of ether oxygens (including phenoxy) is 1. The van der Waals surface area contributed by atoms with E-state index < -0.39 is 0 Å². The molecule has 0 spiro atoms. The van der Waals surface area contributed by atoms with E-state index in [9.17, 15) is 0 Å². The minimum atomic E-state index is 0.194. The van der Waals surface area contributed by atoms with E-state index >= 15 is 0 Å². The Morgan fingerprint density at radius 1 is 0.950 bits per heavy atom. The average molecular weight is 267 g/mol. The number of anilines is 1. The smallest absolute Gasteiger partial charge is 0.222 e. The van der Waals surface area contributed by atoms with Crippen LogP contribution in [-0.4, -0.2) is 19.9 Å². The highest BCUT2D eigenvalue weighted by Gasteiger charge is 2.03. The van der Waals surface area contributed by atoms with Crippen molar-refractivity contribution in [3.05, 3.63) is 54.0 Å². The molecule has 3 rings (SSSR count). The van der Waals surface area contributed by atoms with Crippen molar-refractivity contribution < 1.29 is 4.74 Å². The lowest BCUT2D eigenvalue weighted by Gasteiger charge is -2.04. The van der Waals surface area contributed by atoms with E-state index in [-0.39, 0.29) is 5.95 Å². The second kappa shape index (κ2) is 5.58. The van der Waals surface area contributed by atoms with Crippen molar-refractivity contribution in [2.45, 2.75) is 13.2 Å². The molecular weight excluding hydrogens is 254 g/mol. The van der Waals surface area contributed by atoms with Gasteiger partial charge in [0.25, 0.3) is 0 Å². The van der Waals surface area contributed by atoms with Crippen molar-refractivity contribution in [1.82, 2.24) is 19.9 Å². The third-order valence-electron chi connectivity index (χ3n) is 2.73. The maximum Gasteiger partial charge on any atom is 0.222 e. The number of fused-ring (bicyclic) bond motifs is 1. The summed E-state index contributed by atoms with van der Waals surface area (Å²) in [5.41, 5.74) is 8.45. The van der Waals surface area contributed by atoms with Crippen LogP contribution in [0.15, 0.2) is 42.7 Å². The minimum absolute atomic E-state index is 0.194. The zero-order valence-electron chi connectivity index (χ0n) is 10.7. The Morgan fingerprint density at radius 2 is 1.80 bits per heavy atom. The van der Waals surface area contributed by atoms with Crippen LogP contribution in [0.3, 0.4) is 0 Å². The zero-order valence-corrected chi connectivity index (χ0v) is 10.7. The largest absolute Gasteiger partial charge is 0.370 e. The molecule has 3 aromatic rings. The molecule has 1 aromatic carbocycles. The van der Waals surface area contributed by atoms with E-state index in [0.717, 1.165) is 11.3 Å². The molecule has 0 saturated heterocycles. The van der Waals surface area contributed by atoms with Crippen LogP contribution in [0.4, 0.5) is 5.95 Å². The molecule has 2 aromatic heterocycles. The summed E-state index contributed by atoms with van der Waals surface area (Å²) < 4.78 is 5.61. The van der Waals surface area contributed by atoms with Crippen molar-refractivity contribution in [2.24, 2.45) is 0 Å². The molecule has 0 atom stereocenters. The van der Waals surface area contributed by atoms with Crippen LogP contribution in [0, 0.1) is 0 Å². The Kier molecular flexibility index (Phi) is 3.47. The fraction of sp³-hybridized carbons (Fsp3) is 0.143. The molecule has 100 valence electrons. The van der Waals surface area contributed by atoms with E-state index in [1.807, 2.05) is 30.3 Å². The maximum atomic E-state index is 5.61. The zero-order chi connectivity index (χ0) is 13.8. The molecule has 2 N–H and O–H groups in total. The molecule has 0 amide bonds. The third-order valence-corrected chi connectivity index (χ3v) is 2.73. The highest BCUT2D eigenvalue weighted by atomic mass is 16.5. The Hall–Kier alpha value is -2.60. The van der Waals surface area contributed by atoms with Gasteiger partial charge in [-0.3, -0.25) is 0 Å². The first-order chi connectivity index (χ1) is 9.81. The van der Waals surface area contributed by atoms with Gasteiger partial charge >= 0.3 is 0 Å². The highest BCUT2D eigenvalue weighted by Crippen LogP contribution is 2.08. The van der Waals surface area contributed by atoms with Gasteiger partial charge in [-0.1, -0.05) is 30.3 Å². The maximum absolute atomic E-state index is 5.61. The van der Waals surface area contributed by atoms with Gasteiger partial charge in [-0.2, -0.15) is 4.98 Å². The molecule has 2 heterocycles. The number of benzene rings is 1. The van der Waals surface area contributed by atoms with Crippen LogP contribution in [0.5, 0.6) is 0 Å². The van der Waals surface area contributed by atoms with Crippen molar-refractivity contribution in [1.29, 1.82) is 0 Å². The van der Waals surface area contributed by atoms with E-state index in [1.165, 1.54) is 0 Å². The third kappa shape index (κ3) is 2.86. The number of nitrogens with two attached hydrogens (primary N) is 1. The van der Waals surface area contributed by atoms with E-state index in [1.54, 1.807) is 12.4 Å². The first-order valence-electron chi connectivity index (χ1n) is 6.17. The number of nitrogens with zero attached hydrogens (tertiary/aromatic N) is 4. The molecule has 0 fully saturated rings. The lowest BCUT2D eigenvalue weighted by molar-refractivity contribution is 0.104. The Bertz CT molecular complexity index is 717. The highest BCUT2D eigenvalue weighted by molar-refractivity contribution is 5.69. The van der Waals surface area contributed by atoms with Crippen LogP contribution < -0.4 is 5.73 Å². The minimum Gasteiger partial charge on any atom is -0.370 e. The SMILES string of the molecule is Nc1ncc2nc(COCc3ccccc3)cnc2n1. The Morgan fingerprint density at radius 3 is 2.65 bits per heavy atom. The van der Waals surface area contributed by atoms with Crippen molar-refractivity contribution >= 4 is 17.1 Å². The molecule has 0 aliphatic heterocycles. The molecule has 0 aliphatic rings. The summed E-state index contributed by atoms with van der Waals surface area (Å²) >= 11 is 0. The molecule has 0 radical (unpaired) electrons. The Labute approximate surface area is 115 Å². The number of hydrogen-bond acceptors (Lipinski definition) is 6. The summed E-state index contributed by atoms with van der Waals surface area (Å²) in [6.45, 7) is 0.932. The standard InChI is InChI=1S/C14H13N5O/c15-14-17-7-12-13(19-14)16-6-11(18-12)9-20-8-10-4-2-1-3-5-10/h1-7H,8-9H2,(H2,15,16,17,19). The van der Waals surface area contributed by atoms with Crippen LogP contribution in [0.25, 0.3) is 11.2 Å². The van der Waals surface area contributed by atoms with Gasteiger partial charge in [0.1, 0.15) is 5.52 Å². The topological polar surface area (TPSA) is 86.8 Å². The van der Waals surface area contributed by atoms with Gasteiger partial charge in [0.15, 0.2) is 5.65 Å². The second-order valence-corrected chi connectivity index (χ2v) is 4.28. The first kappa shape index (κ1) is 12.4. The molecule has 6 nitrogen and oxygen atoms in total. The van der Waals surface area contributed by atoms with Gasteiger partial charge in [0, 0.05) is 0 Å². The van der Waals surface area contributed by atoms with Gasteiger partial charge in [-0.25, -0.2) is 15.0 Å². The predicted octanol–water partition coefficient (Wildman–Crippen LogP) is 1.72. The Balaban J connectivity index is 1.67. The molecule has 0 saturated carbocycles. The summed E-state index contributed by atoms with van der Waals surface area (Å²) in [4.78, 5) is 16.5. The molecule has 0 unspecified atom stereocenters. The van der Waals surface area contributed by atoms with Crippen molar-refractivity contribution in [2.75, 3.05) is 5.73 Å². The van der Waals surface area contributed by atoms with E-state index in [4.69, 9.17) is 10.5 Å². The summed E-state index contributed by atoms with van der Waals surface area (Å²) in [5, 5.41) is 0. The number of hydrogen-bond donors (Lipinski definition) is 1. The fourth-order valence-corrected chi connectivity index (χ4v) is 1.79.